The number of hydrogen-bond donors (Lipinski definition) is 1. The van der Waals surface area contributed by atoms with E-state index in [0.29, 0.717) is 0 Å². The minimum absolute atomic E-state index is 0.834. The third kappa shape index (κ3) is 2.08. The lowest BCUT2D eigenvalue weighted by Gasteiger charge is -2.35. The van der Waals surface area contributed by atoms with E-state index in [9.17, 15) is 0 Å². The van der Waals surface area contributed by atoms with E-state index in [1.165, 1.54) is 5.69 Å². The third-order valence-electron chi connectivity index (χ3n) is 3.06. The molecule has 5 nitrogen and oxygen atoms in total. The molecule has 0 radical (unpaired) electrons. The van der Waals surface area contributed by atoms with Gasteiger partial charge in [-0.1, -0.05) is 0 Å². The second-order valence-electron chi connectivity index (χ2n) is 4.09. The lowest BCUT2D eigenvalue weighted by Crippen LogP contribution is -2.47. The summed E-state index contributed by atoms with van der Waals surface area (Å²) in [5.74, 6) is 0.834. The van der Waals surface area contributed by atoms with Crippen molar-refractivity contribution >= 4 is 11.6 Å². The first-order valence-corrected chi connectivity index (χ1v) is 5.83. The minimum atomic E-state index is 0.834. The quantitative estimate of drug-likeness (QED) is 0.838. The van der Waals surface area contributed by atoms with E-state index in [2.05, 4.69) is 30.8 Å². The van der Waals surface area contributed by atoms with Crippen LogP contribution in [0, 0.1) is 0 Å². The molecule has 1 aliphatic rings. The van der Waals surface area contributed by atoms with Crippen LogP contribution in [-0.2, 0) is 0 Å². The summed E-state index contributed by atoms with van der Waals surface area (Å²) >= 11 is 0. The summed E-state index contributed by atoms with van der Waals surface area (Å²) in [5, 5.41) is 0. The summed E-state index contributed by atoms with van der Waals surface area (Å²) in [6.45, 7) is 3.95. The Balaban J connectivity index is 1.65. The van der Waals surface area contributed by atoms with E-state index in [4.69, 9.17) is 0 Å². The molecule has 1 saturated heterocycles. The van der Waals surface area contributed by atoms with Gasteiger partial charge < -0.3 is 14.8 Å². The summed E-state index contributed by atoms with van der Waals surface area (Å²) in [7, 11) is 0. The molecule has 3 heterocycles. The van der Waals surface area contributed by atoms with Gasteiger partial charge in [0.1, 0.15) is 0 Å². The van der Waals surface area contributed by atoms with Crippen LogP contribution in [0.25, 0.3) is 0 Å². The van der Waals surface area contributed by atoms with Gasteiger partial charge in [0.15, 0.2) is 0 Å². The maximum atomic E-state index is 4.28. The van der Waals surface area contributed by atoms with E-state index in [1.807, 2.05) is 18.5 Å². The summed E-state index contributed by atoms with van der Waals surface area (Å²) in [4.78, 5) is 16.2. The second kappa shape index (κ2) is 4.45. The number of aromatic amines is 1. The number of nitrogens with zero attached hydrogens (tertiary/aromatic N) is 4. The fourth-order valence-corrected chi connectivity index (χ4v) is 2.13. The number of piperazine rings is 1. The first-order chi connectivity index (χ1) is 8.43. The summed E-state index contributed by atoms with van der Waals surface area (Å²) in [5.41, 5.74) is 1.26. The van der Waals surface area contributed by atoms with Crippen molar-refractivity contribution in [2.24, 2.45) is 0 Å². The van der Waals surface area contributed by atoms with Gasteiger partial charge >= 0.3 is 0 Å². The molecule has 3 rings (SSSR count). The fraction of sp³-hybridized carbons (Fsp3) is 0.333. The molecule has 0 atom stereocenters. The van der Waals surface area contributed by atoms with Crippen molar-refractivity contribution in [3.63, 3.8) is 0 Å². The Morgan fingerprint density at radius 2 is 1.71 bits per heavy atom. The zero-order valence-corrected chi connectivity index (χ0v) is 9.58. The Labute approximate surface area is 100 Å². The molecule has 0 spiro atoms. The smallest absolute Gasteiger partial charge is 0.225 e. The maximum Gasteiger partial charge on any atom is 0.225 e. The summed E-state index contributed by atoms with van der Waals surface area (Å²) in [6, 6.07) is 3.95. The van der Waals surface area contributed by atoms with Crippen molar-refractivity contribution < 1.29 is 0 Å². The molecular weight excluding hydrogens is 214 g/mol. The summed E-state index contributed by atoms with van der Waals surface area (Å²) in [6.07, 6.45) is 7.58. The molecule has 0 bridgehead atoms. The Morgan fingerprint density at radius 1 is 1.00 bits per heavy atom. The van der Waals surface area contributed by atoms with Crippen LogP contribution in [-0.4, -0.2) is 41.1 Å². The standard InChI is InChI=1S/C12H15N5/c1-3-14-12(15-4-1)17-8-6-16(7-9-17)11-2-5-13-10-11/h1-5,10,13H,6-9H2. The predicted octanol–water partition coefficient (Wildman–Crippen LogP) is 1.13. The van der Waals surface area contributed by atoms with Crippen LogP contribution in [0.5, 0.6) is 0 Å². The van der Waals surface area contributed by atoms with Crippen LogP contribution in [0.3, 0.4) is 0 Å². The van der Waals surface area contributed by atoms with Crippen molar-refractivity contribution in [1.82, 2.24) is 15.0 Å². The topological polar surface area (TPSA) is 48.1 Å². The summed E-state index contributed by atoms with van der Waals surface area (Å²) < 4.78 is 0. The predicted molar refractivity (Wildman–Crippen MR) is 67.3 cm³/mol. The Kier molecular flexibility index (Phi) is 2.65. The van der Waals surface area contributed by atoms with E-state index < -0.39 is 0 Å². The molecule has 1 fully saturated rings. The van der Waals surface area contributed by atoms with Gasteiger partial charge in [-0.15, -0.1) is 0 Å². The van der Waals surface area contributed by atoms with Gasteiger partial charge in [0.25, 0.3) is 0 Å². The molecule has 88 valence electrons. The first-order valence-electron chi connectivity index (χ1n) is 5.83. The molecule has 0 amide bonds. The number of hydrogen-bond acceptors (Lipinski definition) is 4. The van der Waals surface area contributed by atoms with Gasteiger partial charge in [-0.3, -0.25) is 0 Å². The average molecular weight is 229 g/mol. The van der Waals surface area contributed by atoms with Gasteiger partial charge in [-0.25, -0.2) is 9.97 Å². The normalized spacial score (nSPS) is 16.2. The highest BCUT2D eigenvalue weighted by molar-refractivity contribution is 5.46. The molecule has 1 N–H and O–H groups in total. The Hall–Kier alpha value is -2.04. The van der Waals surface area contributed by atoms with Crippen LogP contribution >= 0.6 is 0 Å². The van der Waals surface area contributed by atoms with E-state index >= 15 is 0 Å². The molecule has 17 heavy (non-hydrogen) atoms. The molecule has 2 aromatic rings. The number of nitrogens with one attached hydrogen (secondary N) is 1. The molecular formula is C12H15N5. The maximum absolute atomic E-state index is 4.28. The van der Waals surface area contributed by atoms with E-state index in [-0.39, 0.29) is 0 Å². The van der Waals surface area contributed by atoms with Crippen molar-refractivity contribution in [1.29, 1.82) is 0 Å². The molecule has 0 unspecified atom stereocenters. The highest BCUT2D eigenvalue weighted by Gasteiger charge is 2.18. The van der Waals surface area contributed by atoms with Gasteiger partial charge in [0.05, 0.1) is 5.69 Å². The molecule has 0 aliphatic carbocycles. The van der Waals surface area contributed by atoms with Gasteiger partial charge in [-0.05, 0) is 12.1 Å². The molecule has 5 heteroatoms. The van der Waals surface area contributed by atoms with Crippen molar-refractivity contribution in [2.45, 2.75) is 0 Å². The Morgan fingerprint density at radius 3 is 2.35 bits per heavy atom. The first kappa shape index (κ1) is 10.1. The zero-order chi connectivity index (χ0) is 11.5. The second-order valence-corrected chi connectivity index (χ2v) is 4.09. The largest absolute Gasteiger partial charge is 0.367 e. The highest BCUT2D eigenvalue weighted by atomic mass is 15.3. The monoisotopic (exact) mass is 229 g/mol. The number of H-pyrrole nitrogens is 1. The Bertz CT molecular complexity index is 445. The van der Waals surface area contributed by atoms with E-state index in [1.54, 1.807) is 12.4 Å². The molecule has 0 aromatic carbocycles. The van der Waals surface area contributed by atoms with Crippen LogP contribution in [0.4, 0.5) is 11.6 Å². The van der Waals surface area contributed by atoms with Crippen molar-refractivity contribution in [3.8, 4) is 0 Å². The van der Waals surface area contributed by atoms with Crippen molar-refractivity contribution in [3.05, 3.63) is 36.9 Å². The lowest BCUT2D eigenvalue weighted by atomic mass is 10.3. The van der Waals surface area contributed by atoms with Crippen LogP contribution in [0.2, 0.25) is 0 Å². The highest BCUT2D eigenvalue weighted by Crippen LogP contribution is 2.16. The van der Waals surface area contributed by atoms with Gasteiger partial charge in [0.2, 0.25) is 5.95 Å². The lowest BCUT2D eigenvalue weighted by molar-refractivity contribution is 0.640. The SMILES string of the molecule is c1cnc(N2CCN(c3cc[nH]c3)CC2)nc1. The van der Waals surface area contributed by atoms with Crippen LogP contribution in [0.15, 0.2) is 36.9 Å². The number of aromatic nitrogens is 3. The van der Waals surface area contributed by atoms with Gasteiger partial charge in [-0.2, -0.15) is 0 Å². The van der Waals surface area contributed by atoms with E-state index in [0.717, 1.165) is 32.1 Å². The van der Waals surface area contributed by atoms with Crippen molar-refractivity contribution in [2.75, 3.05) is 36.0 Å². The van der Waals surface area contributed by atoms with Gasteiger partial charge in [0, 0.05) is 51.0 Å². The van der Waals surface area contributed by atoms with Crippen LogP contribution < -0.4 is 9.80 Å². The fourth-order valence-electron chi connectivity index (χ4n) is 2.13. The van der Waals surface area contributed by atoms with Crippen LogP contribution in [0.1, 0.15) is 0 Å². The average Bonchev–Trinajstić information content (AvgIpc) is 2.94. The number of anilines is 2. The number of rotatable bonds is 2. The third-order valence-corrected chi connectivity index (χ3v) is 3.06. The molecule has 1 aliphatic heterocycles. The molecule has 2 aromatic heterocycles. The zero-order valence-electron chi connectivity index (χ0n) is 9.58. The minimum Gasteiger partial charge on any atom is -0.367 e. The molecule has 0 saturated carbocycles.